The highest BCUT2D eigenvalue weighted by molar-refractivity contribution is 5.95. The Morgan fingerprint density at radius 3 is 1.86 bits per heavy atom. The third-order valence-electron chi connectivity index (χ3n) is 3.67. The number of hydrogen-bond donors (Lipinski definition) is 4. The zero-order chi connectivity index (χ0) is 21.0. The van der Waals surface area contributed by atoms with Crippen molar-refractivity contribution in [2.24, 2.45) is 0 Å². The predicted octanol–water partition coefficient (Wildman–Crippen LogP) is 3.74. The standard InChI is InChI=1S/C16H21NO2.2C2H4O2.ClH/c1-3-17(4-2)11-10-12-8-9-14(18)13-6-5-7-15(19)16(12)13;2*1-2(3)4;/h5-9,18-19H,3-4,10-11H2,1-2H3;2*1H3,(H,3,4);1H. The highest BCUT2D eigenvalue weighted by Gasteiger charge is 2.10. The van der Waals surface area contributed by atoms with Gasteiger partial charge in [-0.15, -0.1) is 12.4 Å². The third kappa shape index (κ3) is 10.6. The number of carbonyl (C=O) groups is 2. The number of carboxylic acid groups (broad SMARTS) is 2. The molecule has 0 heterocycles. The van der Waals surface area contributed by atoms with Crippen molar-refractivity contribution in [3.63, 3.8) is 0 Å². The Morgan fingerprint density at radius 1 is 0.893 bits per heavy atom. The van der Waals surface area contributed by atoms with Crippen LogP contribution in [0.15, 0.2) is 30.3 Å². The Balaban J connectivity index is 0. The lowest BCUT2D eigenvalue weighted by Crippen LogP contribution is -2.25. The Kier molecular flexibility index (Phi) is 14.4. The summed E-state index contributed by atoms with van der Waals surface area (Å²) in [5.41, 5.74) is 1.08. The van der Waals surface area contributed by atoms with Crippen LogP contribution < -0.4 is 0 Å². The first-order chi connectivity index (χ1) is 12.6. The number of fused-ring (bicyclic) bond motifs is 1. The number of benzene rings is 2. The van der Waals surface area contributed by atoms with E-state index in [0.717, 1.165) is 56.2 Å². The van der Waals surface area contributed by atoms with Gasteiger partial charge in [-0.25, -0.2) is 0 Å². The van der Waals surface area contributed by atoms with Crippen molar-refractivity contribution in [2.75, 3.05) is 19.6 Å². The topological polar surface area (TPSA) is 118 Å². The van der Waals surface area contributed by atoms with Crippen molar-refractivity contribution in [3.8, 4) is 11.5 Å². The number of aliphatic carboxylic acids is 2. The van der Waals surface area contributed by atoms with Gasteiger partial charge in [-0.3, -0.25) is 9.59 Å². The molecule has 0 aliphatic carbocycles. The van der Waals surface area contributed by atoms with Crippen molar-refractivity contribution in [1.82, 2.24) is 4.90 Å². The first-order valence-corrected chi connectivity index (χ1v) is 8.67. The lowest BCUT2D eigenvalue weighted by molar-refractivity contribution is -0.135. The van der Waals surface area contributed by atoms with E-state index in [2.05, 4.69) is 18.7 Å². The molecule has 0 saturated carbocycles. The molecule has 0 unspecified atom stereocenters. The summed E-state index contributed by atoms with van der Waals surface area (Å²) in [7, 11) is 0. The Hall–Kier alpha value is -2.51. The van der Waals surface area contributed by atoms with Gasteiger partial charge < -0.3 is 25.3 Å². The smallest absolute Gasteiger partial charge is 0.300 e. The summed E-state index contributed by atoms with van der Waals surface area (Å²) in [6, 6.07) is 8.87. The van der Waals surface area contributed by atoms with Crippen LogP contribution in [0.2, 0.25) is 0 Å². The second-order valence-electron chi connectivity index (χ2n) is 5.76. The number of likely N-dealkylation sites (N-methyl/N-ethyl adjacent to an activating group) is 1. The number of rotatable bonds is 5. The summed E-state index contributed by atoms with van der Waals surface area (Å²) < 4.78 is 0. The number of nitrogens with zero attached hydrogens (tertiary/aromatic N) is 1. The summed E-state index contributed by atoms with van der Waals surface area (Å²) >= 11 is 0. The molecule has 7 nitrogen and oxygen atoms in total. The molecule has 8 heteroatoms. The lowest BCUT2D eigenvalue weighted by atomic mass is 10.00. The molecule has 0 saturated heterocycles. The van der Waals surface area contributed by atoms with Crippen LogP contribution in [0.3, 0.4) is 0 Å². The van der Waals surface area contributed by atoms with Crippen LogP contribution in [0.25, 0.3) is 10.8 Å². The van der Waals surface area contributed by atoms with Crippen molar-refractivity contribution < 1.29 is 30.0 Å². The van der Waals surface area contributed by atoms with Gasteiger partial charge in [0.2, 0.25) is 0 Å². The monoisotopic (exact) mass is 415 g/mol. The Labute approximate surface area is 171 Å². The molecule has 0 amide bonds. The summed E-state index contributed by atoms with van der Waals surface area (Å²) in [5.74, 6) is -1.21. The van der Waals surface area contributed by atoms with Gasteiger partial charge in [0.1, 0.15) is 11.5 Å². The van der Waals surface area contributed by atoms with E-state index in [0.29, 0.717) is 0 Å². The van der Waals surface area contributed by atoms with Crippen LogP contribution in [-0.2, 0) is 16.0 Å². The Bertz CT molecular complexity index is 727. The first-order valence-electron chi connectivity index (χ1n) is 8.67. The molecular weight excluding hydrogens is 386 g/mol. The fourth-order valence-corrected chi connectivity index (χ4v) is 2.47. The van der Waals surface area contributed by atoms with Crippen molar-refractivity contribution in [1.29, 1.82) is 0 Å². The highest BCUT2D eigenvalue weighted by atomic mass is 35.5. The van der Waals surface area contributed by atoms with Crippen LogP contribution >= 0.6 is 12.4 Å². The Morgan fingerprint density at radius 2 is 1.39 bits per heavy atom. The average Bonchev–Trinajstić information content (AvgIpc) is 2.57. The van der Waals surface area contributed by atoms with Gasteiger partial charge in [0.15, 0.2) is 0 Å². The molecule has 0 aliphatic heterocycles. The van der Waals surface area contributed by atoms with E-state index in [4.69, 9.17) is 19.8 Å². The van der Waals surface area contributed by atoms with Gasteiger partial charge in [0.05, 0.1) is 0 Å². The van der Waals surface area contributed by atoms with E-state index >= 15 is 0 Å². The first kappa shape index (κ1) is 27.7. The minimum atomic E-state index is -0.833. The fourth-order valence-electron chi connectivity index (χ4n) is 2.47. The molecule has 0 aromatic heterocycles. The predicted molar refractivity (Wildman–Crippen MR) is 113 cm³/mol. The van der Waals surface area contributed by atoms with Crippen LogP contribution in [0.4, 0.5) is 0 Å². The second-order valence-corrected chi connectivity index (χ2v) is 5.76. The molecule has 0 bridgehead atoms. The van der Waals surface area contributed by atoms with E-state index < -0.39 is 11.9 Å². The number of phenolic OH excluding ortho intramolecular Hbond substituents is 2. The minimum absolute atomic E-state index is 0. The SMILES string of the molecule is CC(=O)O.CC(=O)O.CCN(CC)CCc1ccc(O)c2cccc(O)c12.Cl. The second kappa shape index (κ2) is 14.5. The molecule has 0 fully saturated rings. The normalized spacial score (nSPS) is 9.46. The molecule has 0 aliphatic rings. The number of phenols is 2. The van der Waals surface area contributed by atoms with Gasteiger partial charge in [-0.1, -0.05) is 32.0 Å². The molecule has 4 N–H and O–H groups in total. The molecule has 2 rings (SSSR count). The van der Waals surface area contributed by atoms with Crippen LogP contribution in [0, 0.1) is 0 Å². The fraction of sp³-hybridized carbons (Fsp3) is 0.400. The van der Waals surface area contributed by atoms with Gasteiger partial charge >= 0.3 is 0 Å². The van der Waals surface area contributed by atoms with Gasteiger partial charge in [-0.05, 0) is 37.2 Å². The van der Waals surface area contributed by atoms with Crippen molar-refractivity contribution >= 4 is 35.1 Å². The van der Waals surface area contributed by atoms with E-state index in [1.165, 1.54) is 0 Å². The maximum absolute atomic E-state index is 10.0. The van der Waals surface area contributed by atoms with Crippen molar-refractivity contribution in [3.05, 3.63) is 35.9 Å². The third-order valence-corrected chi connectivity index (χ3v) is 3.67. The minimum Gasteiger partial charge on any atom is -0.507 e. The highest BCUT2D eigenvalue weighted by Crippen LogP contribution is 2.34. The number of aromatic hydroxyl groups is 2. The maximum Gasteiger partial charge on any atom is 0.300 e. The van der Waals surface area contributed by atoms with Crippen LogP contribution in [0.5, 0.6) is 11.5 Å². The largest absolute Gasteiger partial charge is 0.507 e. The molecule has 0 atom stereocenters. The molecule has 0 spiro atoms. The molecule has 2 aromatic rings. The number of hydrogen-bond acceptors (Lipinski definition) is 5. The molecule has 28 heavy (non-hydrogen) atoms. The van der Waals surface area contributed by atoms with E-state index in [-0.39, 0.29) is 23.9 Å². The lowest BCUT2D eigenvalue weighted by Gasteiger charge is -2.18. The zero-order valence-electron chi connectivity index (χ0n) is 16.7. The molecule has 158 valence electrons. The van der Waals surface area contributed by atoms with E-state index in [1.54, 1.807) is 18.2 Å². The van der Waals surface area contributed by atoms with Crippen LogP contribution in [0.1, 0.15) is 33.3 Å². The van der Waals surface area contributed by atoms with Gasteiger partial charge in [0.25, 0.3) is 11.9 Å². The molecular formula is C20H30ClNO6. The summed E-state index contributed by atoms with van der Waals surface area (Å²) in [6.07, 6.45) is 0.871. The van der Waals surface area contributed by atoms with Crippen molar-refractivity contribution in [2.45, 2.75) is 34.1 Å². The van der Waals surface area contributed by atoms with Gasteiger partial charge in [0, 0.05) is 31.2 Å². The molecule has 0 radical (unpaired) electrons. The maximum atomic E-state index is 10.0. The van der Waals surface area contributed by atoms with Crippen LogP contribution in [-0.4, -0.2) is 56.9 Å². The summed E-state index contributed by atoms with van der Waals surface area (Å²) in [5, 5.41) is 36.2. The van der Waals surface area contributed by atoms with Gasteiger partial charge in [-0.2, -0.15) is 0 Å². The van der Waals surface area contributed by atoms with E-state index in [1.807, 2.05) is 12.1 Å². The number of carboxylic acids is 2. The summed E-state index contributed by atoms with van der Waals surface area (Å²) in [4.78, 5) is 20.3. The van der Waals surface area contributed by atoms with E-state index in [9.17, 15) is 10.2 Å². The quantitative estimate of drug-likeness (QED) is 0.587. The average molecular weight is 416 g/mol. The number of halogens is 1. The summed E-state index contributed by atoms with van der Waals surface area (Å²) in [6.45, 7) is 9.48. The zero-order valence-corrected chi connectivity index (χ0v) is 17.5. The molecule has 2 aromatic carbocycles.